The molecule has 0 aliphatic carbocycles. The molecular weight excluding hydrogens is 180 g/mol. The fraction of sp³-hybridized carbons (Fsp3) is 0.300. The highest BCUT2D eigenvalue weighted by molar-refractivity contribution is 5.36. The molecular formula is C10H10N2O2. The molecule has 0 radical (unpaired) electrons. The first-order valence-corrected chi connectivity index (χ1v) is 4.33. The van der Waals surface area contributed by atoms with E-state index < -0.39 is 4.92 Å². The summed E-state index contributed by atoms with van der Waals surface area (Å²) in [6.45, 7) is 1.91. The van der Waals surface area contributed by atoms with Gasteiger partial charge in [0.2, 0.25) is 0 Å². The molecule has 1 aromatic rings. The minimum atomic E-state index is -0.447. The number of hydrogen-bond acceptors (Lipinski definition) is 3. The third-order valence-electron chi connectivity index (χ3n) is 2.07. The molecule has 14 heavy (non-hydrogen) atoms. The zero-order valence-corrected chi connectivity index (χ0v) is 7.80. The predicted molar refractivity (Wildman–Crippen MR) is 51.7 cm³/mol. The second-order valence-electron chi connectivity index (χ2n) is 2.94. The van der Waals surface area contributed by atoms with Gasteiger partial charge in [-0.15, -0.1) is 0 Å². The topological polar surface area (TPSA) is 66.9 Å². The van der Waals surface area contributed by atoms with Gasteiger partial charge in [0, 0.05) is 12.1 Å². The van der Waals surface area contributed by atoms with Crippen LogP contribution in [0, 0.1) is 21.4 Å². The van der Waals surface area contributed by atoms with E-state index in [2.05, 4.69) is 6.07 Å². The standard InChI is InChI=1S/C10H10N2O2/c1-2-8(7-11)9-3-5-10(6-4-9)12(13)14/h3-6,8H,2H2,1H3. The maximum absolute atomic E-state index is 10.4. The Bertz CT molecular complexity index is 365. The number of rotatable bonds is 3. The van der Waals surface area contributed by atoms with Crippen molar-refractivity contribution in [3.8, 4) is 6.07 Å². The molecule has 0 spiro atoms. The van der Waals surface area contributed by atoms with Crippen LogP contribution in [0.15, 0.2) is 24.3 Å². The highest BCUT2D eigenvalue weighted by Gasteiger charge is 2.10. The summed E-state index contributed by atoms with van der Waals surface area (Å²) in [4.78, 5) is 9.91. The van der Waals surface area contributed by atoms with E-state index in [0.717, 1.165) is 5.56 Å². The largest absolute Gasteiger partial charge is 0.269 e. The van der Waals surface area contributed by atoms with Gasteiger partial charge in [-0.05, 0) is 12.0 Å². The predicted octanol–water partition coefficient (Wildman–Crippen LogP) is 2.61. The van der Waals surface area contributed by atoms with Crippen LogP contribution in [0.4, 0.5) is 5.69 Å². The highest BCUT2D eigenvalue weighted by Crippen LogP contribution is 2.21. The summed E-state index contributed by atoms with van der Waals surface area (Å²) >= 11 is 0. The van der Waals surface area contributed by atoms with Crippen LogP contribution in [0.5, 0.6) is 0 Å². The number of nitro groups is 1. The molecule has 1 aromatic carbocycles. The summed E-state index contributed by atoms with van der Waals surface area (Å²) in [6, 6.07) is 8.27. The lowest BCUT2D eigenvalue weighted by Crippen LogP contribution is -1.94. The van der Waals surface area contributed by atoms with Crippen molar-refractivity contribution in [2.24, 2.45) is 0 Å². The average molecular weight is 190 g/mol. The number of hydrogen-bond donors (Lipinski definition) is 0. The first-order valence-electron chi connectivity index (χ1n) is 4.33. The van der Waals surface area contributed by atoms with Crippen molar-refractivity contribution in [3.63, 3.8) is 0 Å². The molecule has 0 aliphatic rings. The molecule has 0 saturated carbocycles. The van der Waals surface area contributed by atoms with Gasteiger partial charge in [-0.2, -0.15) is 5.26 Å². The number of non-ortho nitro benzene ring substituents is 1. The highest BCUT2D eigenvalue weighted by atomic mass is 16.6. The first kappa shape index (κ1) is 10.2. The van der Waals surface area contributed by atoms with E-state index in [1.807, 2.05) is 6.92 Å². The van der Waals surface area contributed by atoms with E-state index in [4.69, 9.17) is 5.26 Å². The van der Waals surface area contributed by atoms with Gasteiger partial charge in [0.15, 0.2) is 0 Å². The van der Waals surface area contributed by atoms with Crippen molar-refractivity contribution in [1.29, 1.82) is 5.26 Å². The van der Waals surface area contributed by atoms with Crippen LogP contribution >= 0.6 is 0 Å². The molecule has 1 unspecified atom stereocenters. The Labute approximate surface area is 81.9 Å². The monoisotopic (exact) mass is 190 g/mol. The van der Waals surface area contributed by atoms with Crippen LogP contribution in [0.25, 0.3) is 0 Å². The van der Waals surface area contributed by atoms with Crippen molar-refractivity contribution in [3.05, 3.63) is 39.9 Å². The number of nitro benzene ring substituents is 1. The maximum atomic E-state index is 10.4. The Morgan fingerprint density at radius 2 is 2.07 bits per heavy atom. The first-order chi connectivity index (χ1) is 6.69. The molecule has 0 bridgehead atoms. The van der Waals surface area contributed by atoms with Crippen LogP contribution in [0.1, 0.15) is 24.8 Å². The van der Waals surface area contributed by atoms with Gasteiger partial charge >= 0.3 is 0 Å². The summed E-state index contributed by atoms with van der Waals surface area (Å²) in [5.41, 5.74) is 0.891. The second kappa shape index (κ2) is 4.38. The van der Waals surface area contributed by atoms with Crippen LogP contribution in [-0.2, 0) is 0 Å². The molecule has 72 valence electrons. The van der Waals surface area contributed by atoms with E-state index in [-0.39, 0.29) is 11.6 Å². The van der Waals surface area contributed by atoms with Crippen molar-refractivity contribution >= 4 is 5.69 Å². The number of nitrogens with zero attached hydrogens (tertiary/aromatic N) is 2. The summed E-state index contributed by atoms with van der Waals surface area (Å²) in [5, 5.41) is 19.1. The van der Waals surface area contributed by atoms with Gasteiger partial charge in [0.1, 0.15) is 0 Å². The number of nitriles is 1. The number of benzene rings is 1. The second-order valence-corrected chi connectivity index (χ2v) is 2.94. The molecule has 1 rings (SSSR count). The molecule has 0 aromatic heterocycles. The van der Waals surface area contributed by atoms with E-state index in [1.54, 1.807) is 12.1 Å². The maximum Gasteiger partial charge on any atom is 0.269 e. The molecule has 0 aliphatic heterocycles. The molecule has 0 N–H and O–H groups in total. The third kappa shape index (κ3) is 2.07. The fourth-order valence-electron chi connectivity index (χ4n) is 1.23. The van der Waals surface area contributed by atoms with Crippen LogP contribution in [-0.4, -0.2) is 4.92 Å². The molecule has 1 atom stereocenters. The minimum Gasteiger partial charge on any atom is -0.258 e. The lowest BCUT2D eigenvalue weighted by molar-refractivity contribution is -0.384. The minimum absolute atomic E-state index is 0.0570. The molecule has 4 nitrogen and oxygen atoms in total. The lowest BCUT2D eigenvalue weighted by atomic mass is 9.98. The van der Waals surface area contributed by atoms with E-state index in [1.165, 1.54) is 12.1 Å². The van der Waals surface area contributed by atoms with E-state index >= 15 is 0 Å². The smallest absolute Gasteiger partial charge is 0.258 e. The SMILES string of the molecule is CCC(C#N)c1ccc([N+](=O)[O-])cc1. The van der Waals surface area contributed by atoms with Gasteiger partial charge in [0.05, 0.1) is 16.9 Å². The summed E-state index contributed by atoms with van der Waals surface area (Å²) in [7, 11) is 0. The average Bonchev–Trinajstić information content (AvgIpc) is 2.20. The van der Waals surface area contributed by atoms with Crippen molar-refractivity contribution in [1.82, 2.24) is 0 Å². The van der Waals surface area contributed by atoms with Gasteiger partial charge in [-0.25, -0.2) is 0 Å². The third-order valence-corrected chi connectivity index (χ3v) is 2.07. The zero-order valence-electron chi connectivity index (χ0n) is 7.80. The van der Waals surface area contributed by atoms with E-state index in [9.17, 15) is 10.1 Å². The Hall–Kier alpha value is -1.89. The fourth-order valence-corrected chi connectivity index (χ4v) is 1.23. The van der Waals surface area contributed by atoms with E-state index in [0.29, 0.717) is 6.42 Å². The van der Waals surface area contributed by atoms with Crippen LogP contribution < -0.4 is 0 Å². The Morgan fingerprint density at radius 3 is 2.43 bits per heavy atom. The Kier molecular flexibility index (Phi) is 3.19. The lowest BCUT2D eigenvalue weighted by Gasteiger charge is -2.04. The molecule has 0 amide bonds. The Morgan fingerprint density at radius 1 is 1.50 bits per heavy atom. The van der Waals surface area contributed by atoms with Crippen molar-refractivity contribution in [2.45, 2.75) is 19.3 Å². The van der Waals surface area contributed by atoms with Crippen LogP contribution in [0.3, 0.4) is 0 Å². The van der Waals surface area contributed by atoms with Gasteiger partial charge < -0.3 is 0 Å². The summed E-state index contributed by atoms with van der Waals surface area (Å²) in [6.07, 6.45) is 0.717. The van der Waals surface area contributed by atoms with Gasteiger partial charge in [-0.3, -0.25) is 10.1 Å². The summed E-state index contributed by atoms with van der Waals surface area (Å²) in [5.74, 6) is -0.171. The van der Waals surface area contributed by atoms with Crippen molar-refractivity contribution < 1.29 is 4.92 Å². The molecule has 0 saturated heterocycles. The van der Waals surface area contributed by atoms with Gasteiger partial charge in [-0.1, -0.05) is 19.1 Å². The quantitative estimate of drug-likeness (QED) is 0.543. The molecule has 4 heteroatoms. The van der Waals surface area contributed by atoms with Gasteiger partial charge in [0.25, 0.3) is 5.69 Å². The molecule has 0 fully saturated rings. The van der Waals surface area contributed by atoms with Crippen molar-refractivity contribution in [2.75, 3.05) is 0 Å². The Balaban J connectivity index is 2.94. The normalized spacial score (nSPS) is 11.7. The van der Waals surface area contributed by atoms with Crippen LogP contribution in [0.2, 0.25) is 0 Å². The zero-order chi connectivity index (χ0) is 10.6. The molecule has 0 heterocycles. The summed E-state index contributed by atoms with van der Waals surface area (Å²) < 4.78 is 0.